The molecule has 2 unspecified atom stereocenters. The van der Waals surface area contributed by atoms with Gasteiger partial charge in [0, 0.05) is 18.5 Å². The van der Waals surface area contributed by atoms with Crippen molar-refractivity contribution in [3.63, 3.8) is 0 Å². The van der Waals surface area contributed by atoms with E-state index in [4.69, 9.17) is 0 Å². The van der Waals surface area contributed by atoms with Crippen LogP contribution in [0.5, 0.6) is 0 Å². The minimum absolute atomic E-state index is 0.0177. The molecule has 0 aromatic heterocycles. The largest absolute Gasteiger partial charge is 0.340 e. The molecule has 2 nitrogen and oxygen atoms in total. The van der Waals surface area contributed by atoms with Crippen molar-refractivity contribution in [2.75, 3.05) is 7.05 Å². The van der Waals surface area contributed by atoms with Crippen LogP contribution in [0.1, 0.15) is 46.5 Å². The van der Waals surface area contributed by atoms with Crippen molar-refractivity contribution in [3.05, 3.63) is 0 Å². The zero-order valence-corrected chi connectivity index (χ0v) is 10.4. The lowest BCUT2D eigenvalue weighted by Crippen LogP contribution is -2.46. The van der Waals surface area contributed by atoms with Gasteiger partial charge in [-0.25, -0.2) is 0 Å². The van der Waals surface area contributed by atoms with Gasteiger partial charge < -0.3 is 4.90 Å². The predicted octanol–water partition coefficient (Wildman–Crippen LogP) is 2.68. The molecule has 0 bridgehead atoms. The first-order chi connectivity index (χ1) is 6.95. The number of nitrogens with zero attached hydrogens (tertiary/aromatic N) is 1. The molecule has 0 spiro atoms. The van der Waals surface area contributed by atoms with Crippen LogP contribution >= 0.6 is 0 Å². The molecule has 0 heterocycles. The van der Waals surface area contributed by atoms with Gasteiger partial charge in [0.25, 0.3) is 0 Å². The fourth-order valence-corrected chi connectivity index (χ4v) is 2.73. The van der Waals surface area contributed by atoms with Gasteiger partial charge in [-0.15, -0.1) is 0 Å². The van der Waals surface area contributed by atoms with E-state index in [1.165, 1.54) is 6.42 Å². The molecule has 2 rings (SSSR count). The zero-order chi connectivity index (χ0) is 11.2. The number of carbonyl (C=O) groups excluding carboxylic acids is 1. The second kappa shape index (κ2) is 3.50. The van der Waals surface area contributed by atoms with Crippen molar-refractivity contribution in [1.29, 1.82) is 0 Å². The molecule has 2 aliphatic carbocycles. The smallest absolute Gasteiger partial charge is 0.225 e. The van der Waals surface area contributed by atoms with Crippen LogP contribution < -0.4 is 0 Å². The molecular formula is C13H23NO. The van der Waals surface area contributed by atoms with E-state index in [1.807, 2.05) is 11.9 Å². The molecule has 0 N–H and O–H groups in total. The van der Waals surface area contributed by atoms with E-state index in [0.717, 1.165) is 31.1 Å². The number of hydrogen-bond acceptors (Lipinski definition) is 1. The third kappa shape index (κ3) is 1.91. The Morgan fingerprint density at radius 3 is 2.27 bits per heavy atom. The lowest BCUT2D eigenvalue weighted by atomic mass is 9.95. The number of fused-ring (bicyclic) bond motifs is 1. The van der Waals surface area contributed by atoms with Gasteiger partial charge in [-0.1, -0.05) is 6.92 Å². The molecule has 0 aromatic rings. The van der Waals surface area contributed by atoms with E-state index in [1.54, 1.807) is 0 Å². The summed E-state index contributed by atoms with van der Waals surface area (Å²) in [5.41, 5.74) is 0.0177. The second-order valence-electron chi connectivity index (χ2n) is 5.99. The molecular weight excluding hydrogens is 186 g/mol. The van der Waals surface area contributed by atoms with Crippen LogP contribution in [0, 0.1) is 17.8 Å². The molecule has 2 fully saturated rings. The summed E-state index contributed by atoms with van der Waals surface area (Å²) >= 11 is 0. The number of carbonyl (C=O) groups is 1. The summed E-state index contributed by atoms with van der Waals surface area (Å²) in [5.74, 6) is 2.52. The predicted molar refractivity (Wildman–Crippen MR) is 61.5 cm³/mol. The van der Waals surface area contributed by atoms with Crippen LogP contribution in [0.4, 0.5) is 0 Å². The Morgan fingerprint density at radius 2 is 1.80 bits per heavy atom. The molecule has 1 amide bonds. The third-order valence-electron chi connectivity index (χ3n) is 4.70. The lowest BCUT2D eigenvalue weighted by Gasteiger charge is -2.36. The number of amides is 1. The van der Waals surface area contributed by atoms with E-state index in [-0.39, 0.29) is 5.54 Å². The van der Waals surface area contributed by atoms with E-state index in [2.05, 4.69) is 20.8 Å². The van der Waals surface area contributed by atoms with Crippen molar-refractivity contribution >= 4 is 5.91 Å². The van der Waals surface area contributed by atoms with Gasteiger partial charge >= 0.3 is 0 Å². The molecule has 2 atom stereocenters. The summed E-state index contributed by atoms with van der Waals surface area (Å²) in [5, 5.41) is 0. The molecule has 0 saturated heterocycles. The van der Waals surface area contributed by atoms with Crippen LogP contribution in [0.3, 0.4) is 0 Å². The van der Waals surface area contributed by atoms with Crippen molar-refractivity contribution in [1.82, 2.24) is 4.90 Å². The van der Waals surface area contributed by atoms with E-state index >= 15 is 0 Å². The average Bonchev–Trinajstić information content (AvgIpc) is 2.83. The fourth-order valence-electron chi connectivity index (χ4n) is 2.73. The molecule has 2 heteroatoms. The monoisotopic (exact) mass is 209 g/mol. The first-order valence-corrected chi connectivity index (χ1v) is 6.23. The van der Waals surface area contributed by atoms with Gasteiger partial charge in [0.2, 0.25) is 5.91 Å². The zero-order valence-electron chi connectivity index (χ0n) is 10.4. The summed E-state index contributed by atoms with van der Waals surface area (Å²) in [4.78, 5) is 14.2. The van der Waals surface area contributed by atoms with Gasteiger partial charge in [0.15, 0.2) is 0 Å². The summed E-state index contributed by atoms with van der Waals surface area (Å²) in [6.45, 7) is 6.46. The maximum atomic E-state index is 12.2. The van der Waals surface area contributed by atoms with Crippen molar-refractivity contribution in [3.8, 4) is 0 Å². The minimum atomic E-state index is 0.0177. The van der Waals surface area contributed by atoms with Crippen LogP contribution in [-0.2, 0) is 4.79 Å². The molecule has 2 aliphatic rings. The first-order valence-electron chi connectivity index (χ1n) is 6.23. The topological polar surface area (TPSA) is 20.3 Å². The Kier molecular flexibility index (Phi) is 2.56. The van der Waals surface area contributed by atoms with Crippen LogP contribution in [0.2, 0.25) is 0 Å². The van der Waals surface area contributed by atoms with Crippen molar-refractivity contribution in [2.24, 2.45) is 17.8 Å². The van der Waals surface area contributed by atoms with Gasteiger partial charge in [-0.2, -0.15) is 0 Å². The Labute approximate surface area is 93.0 Å². The van der Waals surface area contributed by atoms with E-state index in [0.29, 0.717) is 11.8 Å². The summed E-state index contributed by atoms with van der Waals surface area (Å²) in [6, 6.07) is 0. The summed E-state index contributed by atoms with van der Waals surface area (Å²) < 4.78 is 0. The Balaban J connectivity index is 1.95. The highest BCUT2D eigenvalue weighted by molar-refractivity contribution is 5.79. The summed E-state index contributed by atoms with van der Waals surface area (Å²) in [6.07, 6.45) is 4.74. The number of rotatable bonds is 3. The van der Waals surface area contributed by atoms with Crippen molar-refractivity contribution < 1.29 is 4.79 Å². The first kappa shape index (κ1) is 11.0. The molecule has 2 saturated carbocycles. The van der Waals surface area contributed by atoms with Crippen molar-refractivity contribution in [2.45, 2.75) is 52.0 Å². The minimum Gasteiger partial charge on any atom is -0.340 e. The average molecular weight is 209 g/mol. The molecule has 15 heavy (non-hydrogen) atoms. The lowest BCUT2D eigenvalue weighted by molar-refractivity contribution is -0.139. The number of hydrogen-bond donors (Lipinski definition) is 0. The van der Waals surface area contributed by atoms with E-state index in [9.17, 15) is 4.79 Å². The normalized spacial score (nSPS) is 33.7. The quantitative estimate of drug-likeness (QED) is 0.700. The van der Waals surface area contributed by atoms with E-state index < -0.39 is 0 Å². The maximum Gasteiger partial charge on any atom is 0.225 e. The summed E-state index contributed by atoms with van der Waals surface area (Å²) in [7, 11) is 1.97. The third-order valence-corrected chi connectivity index (χ3v) is 4.70. The fraction of sp³-hybridized carbons (Fsp3) is 0.923. The SMILES string of the molecule is CCC(C)(C)N(C)C(=O)C1CC2CC2C1. The maximum absolute atomic E-state index is 12.2. The van der Waals surface area contributed by atoms with Crippen LogP contribution in [0.15, 0.2) is 0 Å². The molecule has 86 valence electrons. The standard InChI is InChI=1S/C13H23NO/c1-5-13(2,3)14(4)12(15)11-7-9-6-10(9)8-11/h9-11H,5-8H2,1-4H3. The van der Waals surface area contributed by atoms with Gasteiger partial charge in [-0.05, 0) is 51.4 Å². The highest BCUT2D eigenvalue weighted by Gasteiger charge is 2.49. The second-order valence-corrected chi connectivity index (χ2v) is 5.99. The van der Waals surface area contributed by atoms with Crippen LogP contribution in [0.25, 0.3) is 0 Å². The highest BCUT2D eigenvalue weighted by Crippen LogP contribution is 2.54. The van der Waals surface area contributed by atoms with Gasteiger partial charge in [0.05, 0.1) is 0 Å². The molecule has 0 aliphatic heterocycles. The Morgan fingerprint density at radius 1 is 1.27 bits per heavy atom. The van der Waals surface area contributed by atoms with Gasteiger partial charge in [-0.3, -0.25) is 4.79 Å². The Hall–Kier alpha value is -0.530. The Bertz CT molecular complexity index is 262. The molecule has 0 radical (unpaired) electrons. The molecule has 0 aromatic carbocycles. The van der Waals surface area contributed by atoms with Crippen LogP contribution in [-0.4, -0.2) is 23.4 Å². The van der Waals surface area contributed by atoms with Gasteiger partial charge in [0.1, 0.15) is 0 Å². The highest BCUT2D eigenvalue weighted by atomic mass is 16.2.